The van der Waals surface area contributed by atoms with Crippen LogP contribution in [0.5, 0.6) is 0 Å². The summed E-state index contributed by atoms with van der Waals surface area (Å²) < 4.78 is 0. The van der Waals surface area contributed by atoms with Crippen molar-refractivity contribution in [1.82, 2.24) is 0 Å². The highest BCUT2D eigenvalue weighted by atomic mass is 14.8. The average molecular weight is 567 g/mol. The minimum atomic E-state index is 0.879. The van der Waals surface area contributed by atoms with Crippen LogP contribution in [0.25, 0.3) is 0 Å². The minimum absolute atomic E-state index is 0.879. The first-order valence-electron chi connectivity index (χ1n) is 15.4. The molecule has 0 spiro atoms. The molecule has 6 aromatic carbocycles. The van der Waals surface area contributed by atoms with Gasteiger partial charge in [-0.15, -0.1) is 0 Å². The molecule has 4 aliphatic carbocycles. The number of aryl methyl sites for hydroxylation is 4. The fourth-order valence-corrected chi connectivity index (χ4v) is 5.94. The largest absolute Gasteiger partial charge is 0.247 e. The molecule has 2 nitrogen and oxygen atoms in total. The minimum Gasteiger partial charge on any atom is -0.247 e. The van der Waals surface area contributed by atoms with Gasteiger partial charge >= 0.3 is 0 Å². The molecular formula is C42H34N2. The van der Waals surface area contributed by atoms with Crippen LogP contribution in [0, 0.1) is 0 Å². The Hall–Kier alpha value is -5.34. The molecule has 6 aromatic rings. The van der Waals surface area contributed by atoms with Crippen LogP contribution in [0.1, 0.15) is 44.5 Å². The van der Waals surface area contributed by atoms with E-state index < -0.39 is 0 Å². The van der Waals surface area contributed by atoms with Crippen LogP contribution in [-0.2, 0) is 25.7 Å². The van der Waals surface area contributed by atoms with Crippen molar-refractivity contribution >= 4 is 22.8 Å². The zero-order chi connectivity index (χ0) is 29.6. The molecule has 0 radical (unpaired) electrons. The molecule has 0 saturated heterocycles. The number of hydrogen-bond acceptors (Lipinski definition) is 2. The predicted octanol–water partition coefficient (Wildman–Crippen LogP) is 9.91. The summed E-state index contributed by atoms with van der Waals surface area (Å²) in [6, 6.07) is 55.9. The Bertz CT molecular complexity index is 1700. The molecule has 4 aliphatic rings. The second-order valence-corrected chi connectivity index (χ2v) is 11.3. The zero-order valence-corrected chi connectivity index (χ0v) is 24.7. The van der Waals surface area contributed by atoms with Crippen molar-refractivity contribution in [2.75, 3.05) is 0 Å². The molecule has 0 amide bonds. The lowest BCUT2D eigenvalue weighted by Crippen LogP contribution is -2.05. The van der Waals surface area contributed by atoms with Gasteiger partial charge in [0.25, 0.3) is 0 Å². The maximum absolute atomic E-state index is 5.39. The number of benzene rings is 6. The summed E-state index contributed by atoms with van der Waals surface area (Å²) in [6.07, 6.45) is 3.65. The number of hydrogen-bond donors (Lipinski definition) is 0. The summed E-state index contributed by atoms with van der Waals surface area (Å²) in [4.78, 5) is 10.8. The van der Waals surface area contributed by atoms with Gasteiger partial charge in [0.05, 0.1) is 22.8 Å². The third-order valence-corrected chi connectivity index (χ3v) is 8.32. The van der Waals surface area contributed by atoms with Gasteiger partial charge in [-0.1, -0.05) is 146 Å². The van der Waals surface area contributed by atoms with Gasteiger partial charge in [-0.3, -0.25) is 0 Å². The Kier molecular flexibility index (Phi) is 8.05. The second-order valence-electron chi connectivity index (χ2n) is 11.3. The standard InChI is InChI=1S/C42H34N2/c1-5-13-35(14-6-1)41(36-15-7-2-8-16-36)43-39-29-31-21-22-32-24-26-34(28-27-33(39)25-23-31)40(30-32)44-42(37-17-9-3-10-18-37)38-19-11-4-12-20-38/h1-20,23-26,29-30H,21-22,27-28H2. The molecule has 2 heteroatoms. The van der Waals surface area contributed by atoms with Gasteiger partial charge in [0.2, 0.25) is 0 Å². The predicted molar refractivity (Wildman–Crippen MR) is 184 cm³/mol. The van der Waals surface area contributed by atoms with E-state index in [1.54, 1.807) is 0 Å². The summed E-state index contributed by atoms with van der Waals surface area (Å²) >= 11 is 0. The smallest absolute Gasteiger partial charge is 0.0781 e. The van der Waals surface area contributed by atoms with Crippen LogP contribution < -0.4 is 0 Å². The monoisotopic (exact) mass is 566 g/mol. The zero-order valence-electron chi connectivity index (χ0n) is 24.7. The maximum Gasteiger partial charge on any atom is 0.0781 e. The lowest BCUT2D eigenvalue weighted by Gasteiger charge is -2.16. The molecule has 0 N–H and O–H groups in total. The molecule has 0 saturated carbocycles. The first kappa shape index (κ1) is 27.5. The van der Waals surface area contributed by atoms with Crippen molar-refractivity contribution in [3.8, 4) is 0 Å². The van der Waals surface area contributed by atoms with E-state index in [0.29, 0.717) is 0 Å². The highest BCUT2D eigenvalue weighted by molar-refractivity contribution is 6.14. The molecule has 0 aliphatic heterocycles. The highest BCUT2D eigenvalue weighted by Crippen LogP contribution is 2.31. The Balaban J connectivity index is 1.31. The van der Waals surface area contributed by atoms with Crippen molar-refractivity contribution in [1.29, 1.82) is 0 Å². The molecule has 0 fully saturated rings. The highest BCUT2D eigenvalue weighted by Gasteiger charge is 2.15. The van der Waals surface area contributed by atoms with Gasteiger partial charge in [0.1, 0.15) is 0 Å². The van der Waals surface area contributed by atoms with Gasteiger partial charge in [-0.05, 0) is 60.1 Å². The molecule has 10 rings (SSSR count). The molecule has 0 unspecified atom stereocenters. The van der Waals surface area contributed by atoms with Crippen LogP contribution in [0.3, 0.4) is 0 Å². The van der Waals surface area contributed by atoms with E-state index in [4.69, 9.17) is 9.98 Å². The number of rotatable bonds is 6. The van der Waals surface area contributed by atoms with E-state index in [2.05, 4.69) is 158 Å². The van der Waals surface area contributed by atoms with Crippen LogP contribution >= 0.6 is 0 Å². The van der Waals surface area contributed by atoms with E-state index in [0.717, 1.165) is 70.7 Å². The van der Waals surface area contributed by atoms with Crippen molar-refractivity contribution in [3.63, 3.8) is 0 Å². The summed E-state index contributed by atoms with van der Waals surface area (Å²) in [6.45, 7) is 0. The Morgan fingerprint density at radius 3 is 0.977 bits per heavy atom. The number of aliphatic imine (C=N–C) groups is 2. The van der Waals surface area contributed by atoms with E-state index in [1.165, 1.54) is 22.3 Å². The number of nitrogens with zero attached hydrogens (tertiary/aromatic N) is 2. The molecule has 0 aromatic heterocycles. The lowest BCUT2D eigenvalue weighted by molar-refractivity contribution is 0.921. The molecule has 0 atom stereocenters. The molecule has 44 heavy (non-hydrogen) atoms. The van der Waals surface area contributed by atoms with E-state index in [9.17, 15) is 0 Å². The van der Waals surface area contributed by atoms with Crippen molar-refractivity contribution in [2.45, 2.75) is 25.7 Å². The van der Waals surface area contributed by atoms with Gasteiger partial charge < -0.3 is 0 Å². The Morgan fingerprint density at radius 2 is 0.659 bits per heavy atom. The Labute approximate surface area is 260 Å². The summed E-state index contributed by atoms with van der Waals surface area (Å²) in [5, 5.41) is 0. The molecular weight excluding hydrogens is 532 g/mol. The van der Waals surface area contributed by atoms with Crippen molar-refractivity contribution in [3.05, 3.63) is 202 Å². The molecule has 0 heterocycles. The Morgan fingerprint density at radius 1 is 0.341 bits per heavy atom. The lowest BCUT2D eigenvalue weighted by atomic mass is 9.94. The summed E-state index contributed by atoms with van der Waals surface area (Å²) in [5.74, 6) is 0. The molecule has 4 bridgehead atoms. The van der Waals surface area contributed by atoms with Crippen LogP contribution in [0.15, 0.2) is 168 Å². The van der Waals surface area contributed by atoms with Gasteiger partial charge in [0.15, 0.2) is 0 Å². The van der Waals surface area contributed by atoms with Gasteiger partial charge in [-0.2, -0.15) is 0 Å². The second kappa shape index (κ2) is 12.9. The normalized spacial score (nSPS) is 12.2. The SMILES string of the molecule is c1ccc(C(=Nc2cc3ccc2CCc2ccc(cc2N=C(c2ccccc2)c2ccccc2)CC3)c2ccccc2)cc1. The third-order valence-electron chi connectivity index (χ3n) is 8.32. The van der Waals surface area contributed by atoms with Crippen molar-refractivity contribution < 1.29 is 0 Å². The van der Waals surface area contributed by atoms with Crippen LogP contribution in [0.4, 0.5) is 11.4 Å². The maximum atomic E-state index is 5.39. The topological polar surface area (TPSA) is 24.7 Å². The average Bonchev–Trinajstić information content (AvgIpc) is 3.09. The summed E-state index contributed by atoms with van der Waals surface area (Å²) in [7, 11) is 0. The van der Waals surface area contributed by atoms with E-state index in [1.807, 2.05) is 0 Å². The van der Waals surface area contributed by atoms with Crippen molar-refractivity contribution in [2.24, 2.45) is 9.98 Å². The third kappa shape index (κ3) is 6.21. The van der Waals surface area contributed by atoms with E-state index >= 15 is 0 Å². The summed E-state index contributed by atoms with van der Waals surface area (Å²) in [5.41, 5.74) is 13.7. The van der Waals surface area contributed by atoms with Crippen LogP contribution in [-0.4, -0.2) is 11.4 Å². The fraction of sp³-hybridized carbons (Fsp3) is 0.0952. The quantitative estimate of drug-likeness (QED) is 0.179. The first-order valence-corrected chi connectivity index (χ1v) is 15.4. The van der Waals surface area contributed by atoms with Gasteiger partial charge in [-0.25, -0.2) is 9.98 Å². The van der Waals surface area contributed by atoms with Gasteiger partial charge in [0, 0.05) is 22.3 Å². The first-order chi connectivity index (χ1) is 21.8. The molecule has 212 valence electrons. The van der Waals surface area contributed by atoms with Crippen LogP contribution in [0.2, 0.25) is 0 Å². The fourth-order valence-electron chi connectivity index (χ4n) is 5.94. The van der Waals surface area contributed by atoms with E-state index in [-0.39, 0.29) is 0 Å².